The third kappa shape index (κ3) is 7.23. The largest absolute Gasteiger partial charge is 0.444 e. The molecule has 3 amide bonds. The Hall–Kier alpha value is -4.47. The SMILES string of the molecule is CN(C)[C@H]1CC(=O)N(c2nn(C)cc2NC(=O)c2coc(-c3ccnc(N(CC(F)(F)F)C(=O)OC(C)(C)C)c3)n2)C1. The minimum atomic E-state index is -4.74. The van der Waals surface area contributed by atoms with Crippen molar-refractivity contribution >= 4 is 35.2 Å². The quantitative estimate of drug-likeness (QED) is 0.435. The minimum Gasteiger partial charge on any atom is -0.444 e. The lowest BCUT2D eigenvalue weighted by Gasteiger charge is -2.27. The Kier molecular flexibility index (Phi) is 8.29. The number of hydrogen-bond donors (Lipinski definition) is 1. The average Bonchev–Trinajstić information content (AvgIpc) is 3.59. The van der Waals surface area contributed by atoms with Crippen molar-refractivity contribution < 1.29 is 36.7 Å². The molecule has 42 heavy (non-hydrogen) atoms. The number of oxazole rings is 1. The number of carbonyl (C=O) groups is 3. The van der Waals surface area contributed by atoms with Crippen LogP contribution in [0.2, 0.25) is 0 Å². The van der Waals surface area contributed by atoms with Gasteiger partial charge in [0.25, 0.3) is 5.91 Å². The van der Waals surface area contributed by atoms with Crippen molar-refractivity contribution in [1.82, 2.24) is 24.6 Å². The van der Waals surface area contributed by atoms with Crippen LogP contribution in [-0.2, 0) is 16.6 Å². The average molecular weight is 593 g/mol. The first-order valence-corrected chi connectivity index (χ1v) is 12.8. The van der Waals surface area contributed by atoms with Crippen LogP contribution in [0.5, 0.6) is 0 Å². The lowest BCUT2D eigenvalue weighted by molar-refractivity contribution is -0.120. The Balaban J connectivity index is 1.55. The molecule has 1 atom stereocenters. The van der Waals surface area contributed by atoms with E-state index in [0.29, 0.717) is 17.9 Å². The zero-order chi connectivity index (χ0) is 31.0. The van der Waals surface area contributed by atoms with Gasteiger partial charge in [0.15, 0.2) is 11.5 Å². The highest BCUT2D eigenvalue weighted by atomic mass is 19.4. The first kappa shape index (κ1) is 30.5. The van der Waals surface area contributed by atoms with Gasteiger partial charge in [0.1, 0.15) is 29.9 Å². The van der Waals surface area contributed by atoms with Gasteiger partial charge in [0.2, 0.25) is 11.8 Å². The van der Waals surface area contributed by atoms with E-state index < -0.39 is 30.3 Å². The molecule has 1 aliphatic rings. The molecule has 0 spiro atoms. The summed E-state index contributed by atoms with van der Waals surface area (Å²) in [5.74, 6) is -0.970. The molecule has 0 saturated carbocycles. The number of anilines is 3. The molecule has 226 valence electrons. The van der Waals surface area contributed by atoms with Crippen molar-refractivity contribution in [2.75, 3.05) is 42.3 Å². The van der Waals surface area contributed by atoms with Crippen LogP contribution in [-0.4, -0.2) is 87.6 Å². The van der Waals surface area contributed by atoms with E-state index in [0.717, 1.165) is 6.26 Å². The number of likely N-dealkylation sites (N-methyl/N-ethyl adjacent to an activating group) is 1. The maximum Gasteiger partial charge on any atom is 0.416 e. The van der Waals surface area contributed by atoms with E-state index in [1.807, 2.05) is 19.0 Å². The predicted octanol–water partition coefficient (Wildman–Crippen LogP) is 3.69. The zero-order valence-corrected chi connectivity index (χ0v) is 23.9. The molecule has 0 radical (unpaired) electrons. The normalized spacial score (nSPS) is 15.8. The third-order valence-corrected chi connectivity index (χ3v) is 6.11. The van der Waals surface area contributed by atoms with Gasteiger partial charge in [-0.2, -0.15) is 18.3 Å². The number of carbonyl (C=O) groups excluding carboxylic acids is 3. The lowest BCUT2D eigenvalue weighted by atomic mass is 10.2. The number of alkyl halides is 3. The van der Waals surface area contributed by atoms with Crippen molar-refractivity contribution in [3.8, 4) is 11.5 Å². The number of aromatic nitrogens is 4. The van der Waals surface area contributed by atoms with Crippen molar-refractivity contribution in [1.29, 1.82) is 0 Å². The van der Waals surface area contributed by atoms with Crippen LogP contribution in [0.4, 0.5) is 35.3 Å². The summed E-state index contributed by atoms with van der Waals surface area (Å²) in [7, 11) is 5.40. The number of pyridine rings is 1. The van der Waals surface area contributed by atoms with Gasteiger partial charge in [-0.15, -0.1) is 0 Å². The summed E-state index contributed by atoms with van der Waals surface area (Å²) in [5.41, 5.74) is -0.745. The molecule has 16 heteroatoms. The first-order chi connectivity index (χ1) is 19.5. The Morgan fingerprint density at radius 2 is 1.95 bits per heavy atom. The predicted molar refractivity (Wildman–Crippen MR) is 145 cm³/mol. The first-order valence-electron chi connectivity index (χ1n) is 12.8. The lowest BCUT2D eigenvalue weighted by Crippen LogP contribution is -2.42. The van der Waals surface area contributed by atoms with Crippen LogP contribution in [0.1, 0.15) is 37.7 Å². The Morgan fingerprint density at radius 1 is 1.24 bits per heavy atom. The second kappa shape index (κ2) is 11.4. The highest BCUT2D eigenvalue weighted by Gasteiger charge is 2.37. The summed E-state index contributed by atoms with van der Waals surface area (Å²) >= 11 is 0. The van der Waals surface area contributed by atoms with Gasteiger partial charge < -0.3 is 19.4 Å². The summed E-state index contributed by atoms with van der Waals surface area (Å²) < 4.78 is 51.9. The Bertz CT molecular complexity index is 1480. The van der Waals surface area contributed by atoms with E-state index in [1.165, 1.54) is 48.7 Å². The highest BCUT2D eigenvalue weighted by Crippen LogP contribution is 2.30. The van der Waals surface area contributed by atoms with Gasteiger partial charge >= 0.3 is 12.3 Å². The second-order valence-corrected chi connectivity index (χ2v) is 10.9. The van der Waals surface area contributed by atoms with Gasteiger partial charge in [0, 0.05) is 37.8 Å². The minimum absolute atomic E-state index is 0.00576. The molecular formula is C26H31F3N8O5. The molecule has 0 unspecified atom stereocenters. The summed E-state index contributed by atoms with van der Waals surface area (Å²) in [4.78, 5) is 50.1. The number of hydrogen-bond acceptors (Lipinski definition) is 9. The van der Waals surface area contributed by atoms with E-state index in [4.69, 9.17) is 9.15 Å². The molecule has 3 aromatic rings. The standard InChI is InChI=1S/C26H31F3N8O5/c1-25(2,3)42-24(40)37(14-26(27,28)29)19-9-15(7-8-30-19)23-32-18(13-41-23)22(39)31-17-12-35(6)33-21(17)36-11-16(34(4)5)10-20(36)38/h7-9,12-13,16H,10-11,14H2,1-6H3,(H,31,39)/t16-/m0/s1. The number of nitrogens with zero attached hydrogens (tertiary/aromatic N) is 7. The molecule has 0 bridgehead atoms. The van der Waals surface area contributed by atoms with Gasteiger partial charge in [-0.3, -0.25) is 24.1 Å². The van der Waals surface area contributed by atoms with Crippen LogP contribution < -0.4 is 15.1 Å². The van der Waals surface area contributed by atoms with E-state index in [-0.39, 0.29) is 46.4 Å². The number of nitrogens with one attached hydrogen (secondary N) is 1. The monoisotopic (exact) mass is 592 g/mol. The van der Waals surface area contributed by atoms with Gasteiger partial charge in [-0.05, 0) is 47.0 Å². The molecule has 13 nitrogen and oxygen atoms in total. The van der Waals surface area contributed by atoms with E-state index in [9.17, 15) is 27.6 Å². The molecule has 4 rings (SSSR count). The maximum absolute atomic E-state index is 13.3. The molecule has 1 aliphatic heterocycles. The van der Waals surface area contributed by atoms with E-state index >= 15 is 0 Å². The van der Waals surface area contributed by atoms with Crippen LogP contribution >= 0.6 is 0 Å². The van der Waals surface area contributed by atoms with Crippen LogP contribution in [0.25, 0.3) is 11.5 Å². The Labute approximate surface area is 239 Å². The van der Waals surface area contributed by atoms with Gasteiger partial charge in [-0.25, -0.2) is 14.8 Å². The fraction of sp³-hybridized carbons (Fsp3) is 0.462. The summed E-state index contributed by atoms with van der Waals surface area (Å²) in [6.45, 7) is 3.34. The van der Waals surface area contributed by atoms with E-state index in [1.54, 1.807) is 13.2 Å². The summed E-state index contributed by atoms with van der Waals surface area (Å²) in [5, 5.41) is 7.03. The zero-order valence-electron chi connectivity index (χ0n) is 23.9. The molecular weight excluding hydrogens is 561 g/mol. The van der Waals surface area contributed by atoms with Crippen LogP contribution in [0.15, 0.2) is 35.2 Å². The Morgan fingerprint density at radius 3 is 2.57 bits per heavy atom. The number of halogens is 3. The van der Waals surface area contributed by atoms with Gasteiger partial charge in [-0.1, -0.05) is 0 Å². The molecule has 1 saturated heterocycles. The van der Waals surface area contributed by atoms with E-state index in [2.05, 4.69) is 20.4 Å². The van der Waals surface area contributed by atoms with Crippen molar-refractivity contribution in [3.05, 3.63) is 36.5 Å². The number of rotatable bonds is 7. The number of ether oxygens (including phenoxy) is 1. The highest BCUT2D eigenvalue weighted by molar-refractivity contribution is 6.06. The molecule has 0 aromatic carbocycles. The van der Waals surface area contributed by atoms with Crippen molar-refractivity contribution in [2.45, 2.75) is 45.0 Å². The molecule has 4 heterocycles. The molecule has 3 aromatic heterocycles. The topological polar surface area (TPSA) is 139 Å². The molecule has 0 aliphatic carbocycles. The summed E-state index contributed by atoms with van der Waals surface area (Å²) in [6, 6.07) is 2.56. The molecule has 1 N–H and O–H groups in total. The number of aryl methyl sites for hydroxylation is 1. The molecule has 1 fully saturated rings. The maximum atomic E-state index is 13.3. The van der Waals surface area contributed by atoms with Crippen LogP contribution in [0, 0.1) is 0 Å². The van der Waals surface area contributed by atoms with Crippen molar-refractivity contribution in [2.24, 2.45) is 7.05 Å². The second-order valence-electron chi connectivity index (χ2n) is 10.9. The van der Waals surface area contributed by atoms with Gasteiger partial charge in [0.05, 0.1) is 6.20 Å². The third-order valence-electron chi connectivity index (χ3n) is 6.11. The van der Waals surface area contributed by atoms with Crippen LogP contribution in [0.3, 0.4) is 0 Å². The fourth-order valence-electron chi connectivity index (χ4n) is 4.14. The smallest absolute Gasteiger partial charge is 0.416 e. The van der Waals surface area contributed by atoms with Crippen molar-refractivity contribution in [3.63, 3.8) is 0 Å². The number of amides is 3. The fourth-order valence-corrected chi connectivity index (χ4v) is 4.14. The summed E-state index contributed by atoms with van der Waals surface area (Å²) in [6.07, 6.45) is -1.86.